The summed E-state index contributed by atoms with van der Waals surface area (Å²) in [5.74, 6) is 0.118. The SMILES string of the molecule is CCN1CCN(c2ccc(CNC(=O)/C=C/c3ccccc3OC(F)(F)F)cn2)CC1. The molecule has 166 valence electrons. The lowest BCUT2D eigenvalue weighted by Gasteiger charge is -2.34. The number of aromatic nitrogens is 1. The van der Waals surface area contributed by atoms with Crippen LogP contribution in [0.1, 0.15) is 18.1 Å². The summed E-state index contributed by atoms with van der Waals surface area (Å²) in [6.45, 7) is 7.36. The number of nitrogens with zero attached hydrogens (tertiary/aromatic N) is 3. The van der Waals surface area contributed by atoms with Gasteiger partial charge in [-0.2, -0.15) is 0 Å². The fourth-order valence-corrected chi connectivity index (χ4v) is 3.25. The van der Waals surface area contributed by atoms with Gasteiger partial charge in [0.1, 0.15) is 11.6 Å². The molecule has 0 spiro atoms. The summed E-state index contributed by atoms with van der Waals surface area (Å²) in [7, 11) is 0. The fraction of sp³-hybridized carbons (Fsp3) is 0.364. The van der Waals surface area contributed by atoms with Gasteiger partial charge in [-0.1, -0.05) is 31.2 Å². The standard InChI is InChI=1S/C22H25F3N4O2/c1-2-28-11-13-29(14-12-28)20-9-7-17(15-26-20)16-27-21(30)10-8-18-5-3-4-6-19(18)31-22(23,24)25/h3-10,15H,2,11-14,16H2,1H3,(H,27,30)/b10-8+. The zero-order valence-electron chi connectivity index (χ0n) is 17.2. The third kappa shape index (κ3) is 6.99. The third-order valence-electron chi connectivity index (χ3n) is 4.98. The molecule has 3 rings (SSSR count). The Morgan fingerprint density at radius 3 is 2.55 bits per heavy atom. The number of ether oxygens (including phenoxy) is 1. The summed E-state index contributed by atoms with van der Waals surface area (Å²) in [4.78, 5) is 21.2. The van der Waals surface area contributed by atoms with Crippen molar-refractivity contribution < 1.29 is 22.7 Å². The van der Waals surface area contributed by atoms with Crippen LogP contribution in [0, 0.1) is 0 Å². The summed E-state index contributed by atoms with van der Waals surface area (Å²) >= 11 is 0. The first-order valence-corrected chi connectivity index (χ1v) is 10.1. The molecule has 0 atom stereocenters. The number of piperazine rings is 1. The summed E-state index contributed by atoms with van der Waals surface area (Å²) < 4.78 is 41.4. The van der Waals surface area contributed by atoms with Gasteiger partial charge in [0.25, 0.3) is 0 Å². The van der Waals surface area contributed by atoms with Crippen molar-refractivity contribution >= 4 is 17.8 Å². The van der Waals surface area contributed by atoms with Crippen molar-refractivity contribution in [1.29, 1.82) is 0 Å². The van der Waals surface area contributed by atoms with E-state index in [2.05, 4.69) is 31.8 Å². The smallest absolute Gasteiger partial charge is 0.405 e. The van der Waals surface area contributed by atoms with E-state index in [1.165, 1.54) is 30.4 Å². The minimum atomic E-state index is -4.80. The molecule has 2 heterocycles. The summed E-state index contributed by atoms with van der Waals surface area (Å²) in [6.07, 6.45) is -0.617. The second-order valence-electron chi connectivity index (χ2n) is 7.08. The van der Waals surface area contributed by atoms with Crippen LogP contribution in [0.2, 0.25) is 0 Å². The van der Waals surface area contributed by atoms with E-state index < -0.39 is 12.3 Å². The largest absolute Gasteiger partial charge is 0.573 e. The Morgan fingerprint density at radius 1 is 1.16 bits per heavy atom. The van der Waals surface area contributed by atoms with Crippen LogP contribution in [-0.2, 0) is 11.3 Å². The molecule has 1 amide bonds. The number of rotatable bonds is 7. The quantitative estimate of drug-likeness (QED) is 0.677. The molecular formula is C22H25F3N4O2. The highest BCUT2D eigenvalue weighted by atomic mass is 19.4. The molecule has 9 heteroatoms. The fourth-order valence-electron chi connectivity index (χ4n) is 3.25. The zero-order valence-corrected chi connectivity index (χ0v) is 17.2. The number of hydrogen-bond acceptors (Lipinski definition) is 5. The van der Waals surface area contributed by atoms with Crippen molar-refractivity contribution in [3.05, 3.63) is 59.8 Å². The number of carbonyl (C=O) groups is 1. The number of anilines is 1. The molecule has 0 unspecified atom stereocenters. The van der Waals surface area contributed by atoms with E-state index in [4.69, 9.17) is 0 Å². The number of alkyl halides is 3. The molecule has 1 aliphatic rings. The average Bonchev–Trinajstić information content (AvgIpc) is 2.76. The number of nitrogens with one attached hydrogen (secondary N) is 1. The van der Waals surface area contributed by atoms with Gasteiger partial charge in [-0.15, -0.1) is 13.2 Å². The van der Waals surface area contributed by atoms with Crippen molar-refractivity contribution in [2.45, 2.75) is 19.8 Å². The molecule has 2 aromatic rings. The summed E-state index contributed by atoms with van der Waals surface area (Å²) in [5.41, 5.74) is 0.989. The number of para-hydroxylation sites is 1. The molecule has 0 aliphatic carbocycles. The van der Waals surface area contributed by atoms with Crippen molar-refractivity contribution in [2.75, 3.05) is 37.6 Å². The lowest BCUT2D eigenvalue weighted by Crippen LogP contribution is -2.46. The van der Waals surface area contributed by atoms with Crippen molar-refractivity contribution in [3.63, 3.8) is 0 Å². The number of hydrogen-bond donors (Lipinski definition) is 1. The van der Waals surface area contributed by atoms with E-state index >= 15 is 0 Å². The Morgan fingerprint density at radius 2 is 1.90 bits per heavy atom. The molecule has 6 nitrogen and oxygen atoms in total. The second-order valence-corrected chi connectivity index (χ2v) is 7.08. The van der Waals surface area contributed by atoms with Crippen molar-refractivity contribution in [3.8, 4) is 5.75 Å². The van der Waals surface area contributed by atoms with Crippen LogP contribution in [0.5, 0.6) is 5.75 Å². The molecule has 31 heavy (non-hydrogen) atoms. The first kappa shape index (κ1) is 22.6. The molecule has 0 saturated carbocycles. The summed E-state index contributed by atoms with van der Waals surface area (Å²) in [5, 5.41) is 2.70. The lowest BCUT2D eigenvalue weighted by atomic mass is 10.2. The Balaban J connectivity index is 1.51. The minimum Gasteiger partial charge on any atom is -0.405 e. The normalized spacial score (nSPS) is 15.3. The van der Waals surface area contributed by atoms with Crippen LogP contribution in [-0.4, -0.2) is 54.9 Å². The van der Waals surface area contributed by atoms with Crippen LogP contribution in [0.25, 0.3) is 6.08 Å². The molecule has 1 N–H and O–H groups in total. The first-order chi connectivity index (χ1) is 14.8. The van der Waals surface area contributed by atoms with Gasteiger partial charge < -0.3 is 19.9 Å². The third-order valence-corrected chi connectivity index (χ3v) is 4.98. The topological polar surface area (TPSA) is 57.7 Å². The van der Waals surface area contributed by atoms with Gasteiger partial charge in [0.05, 0.1) is 0 Å². The molecule has 1 aromatic carbocycles. The monoisotopic (exact) mass is 434 g/mol. The predicted molar refractivity (Wildman–Crippen MR) is 113 cm³/mol. The maximum Gasteiger partial charge on any atom is 0.573 e. The molecule has 1 aliphatic heterocycles. The molecular weight excluding hydrogens is 409 g/mol. The number of carbonyl (C=O) groups excluding carboxylic acids is 1. The second kappa shape index (κ2) is 10.3. The van der Waals surface area contributed by atoms with Gasteiger partial charge in [0, 0.05) is 50.6 Å². The van der Waals surface area contributed by atoms with Crippen LogP contribution < -0.4 is 15.0 Å². The van der Waals surface area contributed by atoms with Crippen molar-refractivity contribution in [1.82, 2.24) is 15.2 Å². The lowest BCUT2D eigenvalue weighted by molar-refractivity contribution is -0.274. The van der Waals surface area contributed by atoms with Crippen LogP contribution in [0.3, 0.4) is 0 Å². The van der Waals surface area contributed by atoms with Crippen LogP contribution in [0.15, 0.2) is 48.7 Å². The van der Waals surface area contributed by atoms with Gasteiger partial charge in [-0.25, -0.2) is 4.98 Å². The Kier molecular flexibility index (Phi) is 7.51. The Hall–Kier alpha value is -3.07. The van der Waals surface area contributed by atoms with E-state index in [1.807, 2.05) is 12.1 Å². The zero-order chi connectivity index (χ0) is 22.3. The summed E-state index contributed by atoms with van der Waals surface area (Å²) in [6, 6.07) is 9.47. The van der Waals surface area contributed by atoms with E-state index in [1.54, 1.807) is 12.3 Å². The molecule has 1 fully saturated rings. The van der Waals surface area contributed by atoms with Crippen molar-refractivity contribution in [2.24, 2.45) is 0 Å². The number of amides is 1. The maximum absolute atomic E-state index is 12.5. The number of halogens is 3. The minimum absolute atomic E-state index is 0.157. The average molecular weight is 434 g/mol. The molecule has 1 aromatic heterocycles. The maximum atomic E-state index is 12.5. The highest BCUT2D eigenvalue weighted by Crippen LogP contribution is 2.27. The highest BCUT2D eigenvalue weighted by Gasteiger charge is 2.31. The van der Waals surface area contributed by atoms with Gasteiger partial charge in [0.15, 0.2) is 0 Å². The van der Waals surface area contributed by atoms with E-state index in [-0.39, 0.29) is 17.9 Å². The van der Waals surface area contributed by atoms with Crippen LogP contribution >= 0.6 is 0 Å². The molecule has 0 bridgehead atoms. The number of pyridine rings is 1. The van der Waals surface area contributed by atoms with Gasteiger partial charge in [-0.05, 0) is 30.3 Å². The van der Waals surface area contributed by atoms with E-state index in [9.17, 15) is 18.0 Å². The highest BCUT2D eigenvalue weighted by molar-refractivity contribution is 5.92. The number of likely N-dealkylation sites (N-methyl/N-ethyl adjacent to an activating group) is 1. The molecule has 1 saturated heterocycles. The first-order valence-electron chi connectivity index (χ1n) is 10.1. The predicted octanol–water partition coefficient (Wildman–Crippen LogP) is 3.45. The Bertz CT molecular complexity index is 892. The van der Waals surface area contributed by atoms with E-state index in [0.29, 0.717) is 0 Å². The van der Waals surface area contributed by atoms with Gasteiger partial charge in [0.2, 0.25) is 5.91 Å². The Labute approximate surface area is 179 Å². The van der Waals surface area contributed by atoms with E-state index in [0.717, 1.165) is 44.1 Å². The number of benzene rings is 1. The van der Waals surface area contributed by atoms with Gasteiger partial charge >= 0.3 is 6.36 Å². The van der Waals surface area contributed by atoms with Gasteiger partial charge in [-0.3, -0.25) is 4.79 Å². The van der Waals surface area contributed by atoms with Crippen LogP contribution in [0.4, 0.5) is 19.0 Å². The molecule has 0 radical (unpaired) electrons.